The van der Waals surface area contributed by atoms with E-state index in [1.165, 1.54) is 37.1 Å². The highest BCUT2D eigenvalue weighted by molar-refractivity contribution is 5.79. The fourth-order valence-electron chi connectivity index (χ4n) is 4.04. The SMILES string of the molecule is CC1CCCN(Cc2ccc(CNC(=O)C3CCC(N)C3)cc2)C1. The summed E-state index contributed by atoms with van der Waals surface area (Å²) in [5.41, 5.74) is 8.42. The minimum Gasteiger partial charge on any atom is -0.352 e. The van der Waals surface area contributed by atoms with Crippen LogP contribution in [0.2, 0.25) is 0 Å². The number of hydrogen-bond donors (Lipinski definition) is 2. The summed E-state index contributed by atoms with van der Waals surface area (Å²) in [6.45, 7) is 6.42. The van der Waals surface area contributed by atoms with Crippen LogP contribution in [0.4, 0.5) is 0 Å². The quantitative estimate of drug-likeness (QED) is 0.873. The Bertz CT molecular complexity index is 542. The normalized spacial score (nSPS) is 28.0. The molecule has 3 atom stereocenters. The lowest BCUT2D eigenvalue weighted by atomic mass is 9.99. The van der Waals surface area contributed by atoms with Gasteiger partial charge in [0, 0.05) is 31.6 Å². The third kappa shape index (κ3) is 4.81. The van der Waals surface area contributed by atoms with Crippen LogP contribution in [0.1, 0.15) is 50.2 Å². The van der Waals surface area contributed by atoms with E-state index in [9.17, 15) is 4.79 Å². The third-order valence-corrected chi connectivity index (χ3v) is 5.48. The molecule has 4 heteroatoms. The summed E-state index contributed by atoms with van der Waals surface area (Å²) in [5, 5.41) is 3.06. The molecule has 1 aliphatic carbocycles. The molecule has 0 spiro atoms. The molecular formula is C20H31N3O. The van der Waals surface area contributed by atoms with E-state index >= 15 is 0 Å². The van der Waals surface area contributed by atoms with Crippen molar-refractivity contribution in [3.05, 3.63) is 35.4 Å². The third-order valence-electron chi connectivity index (χ3n) is 5.48. The zero-order valence-corrected chi connectivity index (χ0v) is 14.8. The molecule has 24 heavy (non-hydrogen) atoms. The number of carbonyl (C=O) groups is 1. The first-order valence-electron chi connectivity index (χ1n) is 9.43. The van der Waals surface area contributed by atoms with Gasteiger partial charge in [0.25, 0.3) is 0 Å². The predicted molar refractivity (Wildman–Crippen MR) is 97.3 cm³/mol. The van der Waals surface area contributed by atoms with Crippen molar-refractivity contribution in [1.29, 1.82) is 0 Å². The smallest absolute Gasteiger partial charge is 0.223 e. The Hall–Kier alpha value is -1.39. The zero-order chi connectivity index (χ0) is 16.9. The Morgan fingerprint density at radius 3 is 2.62 bits per heavy atom. The maximum Gasteiger partial charge on any atom is 0.223 e. The summed E-state index contributed by atoms with van der Waals surface area (Å²) in [6, 6.07) is 8.89. The van der Waals surface area contributed by atoms with Gasteiger partial charge in [0.05, 0.1) is 0 Å². The molecule has 3 unspecified atom stereocenters. The molecule has 1 aromatic rings. The van der Waals surface area contributed by atoms with Gasteiger partial charge in [-0.3, -0.25) is 9.69 Å². The molecule has 0 aromatic heterocycles. The van der Waals surface area contributed by atoms with E-state index in [1.807, 2.05) is 0 Å². The van der Waals surface area contributed by atoms with Crippen LogP contribution < -0.4 is 11.1 Å². The summed E-state index contributed by atoms with van der Waals surface area (Å²) < 4.78 is 0. The minimum atomic E-state index is 0.111. The summed E-state index contributed by atoms with van der Waals surface area (Å²) in [6.07, 6.45) is 5.41. The second-order valence-corrected chi connectivity index (χ2v) is 7.79. The van der Waals surface area contributed by atoms with Crippen LogP contribution in [0.3, 0.4) is 0 Å². The number of nitrogens with zero attached hydrogens (tertiary/aromatic N) is 1. The van der Waals surface area contributed by atoms with Crippen molar-refractivity contribution in [3.63, 3.8) is 0 Å². The van der Waals surface area contributed by atoms with E-state index in [2.05, 4.69) is 41.4 Å². The van der Waals surface area contributed by atoms with Gasteiger partial charge in [-0.05, 0) is 55.7 Å². The van der Waals surface area contributed by atoms with Crippen LogP contribution in [0.15, 0.2) is 24.3 Å². The molecule has 1 amide bonds. The van der Waals surface area contributed by atoms with Crippen LogP contribution in [0.5, 0.6) is 0 Å². The predicted octanol–water partition coefficient (Wildman–Crippen LogP) is 2.66. The fourth-order valence-corrected chi connectivity index (χ4v) is 4.04. The van der Waals surface area contributed by atoms with Gasteiger partial charge in [-0.15, -0.1) is 0 Å². The van der Waals surface area contributed by atoms with E-state index in [-0.39, 0.29) is 17.9 Å². The summed E-state index contributed by atoms with van der Waals surface area (Å²) in [7, 11) is 0. The lowest BCUT2D eigenvalue weighted by molar-refractivity contribution is -0.125. The first-order chi connectivity index (χ1) is 11.6. The van der Waals surface area contributed by atoms with Crippen LogP contribution in [-0.2, 0) is 17.9 Å². The summed E-state index contributed by atoms with van der Waals surface area (Å²) in [5.74, 6) is 1.09. The Balaban J connectivity index is 1.45. The monoisotopic (exact) mass is 329 g/mol. The molecule has 4 nitrogen and oxygen atoms in total. The first kappa shape index (κ1) is 17.4. The standard InChI is InChI=1S/C20H31N3O/c1-15-3-2-10-23(13-15)14-17-6-4-16(5-7-17)12-22-20(24)18-8-9-19(21)11-18/h4-7,15,18-19H,2-3,8-14,21H2,1H3,(H,22,24). The summed E-state index contributed by atoms with van der Waals surface area (Å²) >= 11 is 0. The van der Waals surface area contributed by atoms with Gasteiger partial charge in [-0.2, -0.15) is 0 Å². The van der Waals surface area contributed by atoms with Crippen LogP contribution in [0, 0.1) is 11.8 Å². The van der Waals surface area contributed by atoms with Crippen molar-refractivity contribution >= 4 is 5.91 Å². The van der Waals surface area contributed by atoms with Crippen LogP contribution in [0.25, 0.3) is 0 Å². The van der Waals surface area contributed by atoms with Gasteiger partial charge in [0.15, 0.2) is 0 Å². The highest BCUT2D eigenvalue weighted by Gasteiger charge is 2.27. The molecule has 3 N–H and O–H groups in total. The topological polar surface area (TPSA) is 58.4 Å². The average molecular weight is 329 g/mol. The number of nitrogens with two attached hydrogens (primary N) is 1. The molecule has 1 aromatic carbocycles. The second kappa shape index (κ2) is 8.13. The number of hydrogen-bond acceptors (Lipinski definition) is 3. The molecule has 0 radical (unpaired) electrons. The molecule has 1 saturated heterocycles. The Kier molecular flexibility index (Phi) is 5.90. The molecule has 1 heterocycles. The molecule has 3 rings (SSSR count). The number of benzene rings is 1. The number of piperidine rings is 1. The lowest BCUT2D eigenvalue weighted by Crippen LogP contribution is -2.33. The Labute approximate surface area is 145 Å². The number of rotatable bonds is 5. The highest BCUT2D eigenvalue weighted by Crippen LogP contribution is 2.24. The van der Waals surface area contributed by atoms with Gasteiger partial charge in [-0.1, -0.05) is 31.2 Å². The fraction of sp³-hybridized carbons (Fsp3) is 0.650. The van der Waals surface area contributed by atoms with E-state index in [4.69, 9.17) is 5.73 Å². The molecular weight excluding hydrogens is 298 g/mol. The van der Waals surface area contributed by atoms with Crippen molar-refractivity contribution in [1.82, 2.24) is 10.2 Å². The van der Waals surface area contributed by atoms with Crippen molar-refractivity contribution in [2.24, 2.45) is 17.6 Å². The van der Waals surface area contributed by atoms with Gasteiger partial charge in [0.1, 0.15) is 0 Å². The maximum absolute atomic E-state index is 12.2. The average Bonchev–Trinajstić information content (AvgIpc) is 3.01. The van der Waals surface area contributed by atoms with Crippen molar-refractivity contribution < 1.29 is 4.79 Å². The zero-order valence-electron chi connectivity index (χ0n) is 14.8. The molecule has 2 fully saturated rings. The molecule has 1 saturated carbocycles. The van der Waals surface area contributed by atoms with Gasteiger partial charge >= 0.3 is 0 Å². The van der Waals surface area contributed by atoms with Crippen molar-refractivity contribution in [2.45, 2.75) is 58.2 Å². The Morgan fingerprint density at radius 2 is 1.96 bits per heavy atom. The first-order valence-corrected chi connectivity index (χ1v) is 9.43. The molecule has 0 bridgehead atoms. The Morgan fingerprint density at radius 1 is 1.21 bits per heavy atom. The summed E-state index contributed by atoms with van der Waals surface area (Å²) in [4.78, 5) is 14.7. The highest BCUT2D eigenvalue weighted by atomic mass is 16.1. The minimum absolute atomic E-state index is 0.111. The molecule has 1 aliphatic heterocycles. The van der Waals surface area contributed by atoms with Gasteiger partial charge < -0.3 is 11.1 Å². The van der Waals surface area contributed by atoms with Crippen LogP contribution in [-0.4, -0.2) is 29.9 Å². The molecule has 132 valence electrons. The maximum atomic E-state index is 12.2. The second-order valence-electron chi connectivity index (χ2n) is 7.79. The number of carbonyl (C=O) groups excluding carboxylic acids is 1. The van der Waals surface area contributed by atoms with Crippen molar-refractivity contribution in [3.8, 4) is 0 Å². The number of likely N-dealkylation sites (tertiary alicyclic amines) is 1. The van der Waals surface area contributed by atoms with Crippen molar-refractivity contribution in [2.75, 3.05) is 13.1 Å². The largest absolute Gasteiger partial charge is 0.352 e. The van der Waals surface area contributed by atoms with Crippen LogP contribution >= 0.6 is 0 Å². The van der Waals surface area contributed by atoms with E-state index in [1.54, 1.807) is 0 Å². The number of nitrogens with one attached hydrogen (secondary N) is 1. The van der Waals surface area contributed by atoms with E-state index < -0.39 is 0 Å². The van der Waals surface area contributed by atoms with E-state index in [0.717, 1.165) is 31.7 Å². The van der Waals surface area contributed by atoms with Gasteiger partial charge in [0.2, 0.25) is 5.91 Å². The molecule has 2 aliphatic rings. The lowest BCUT2D eigenvalue weighted by Gasteiger charge is -2.30. The number of amides is 1. The van der Waals surface area contributed by atoms with E-state index in [0.29, 0.717) is 6.54 Å². The van der Waals surface area contributed by atoms with Gasteiger partial charge in [-0.25, -0.2) is 0 Å².